The van der Waals surface area contributed by atoms with E-state index >= 15 is 0 Å². The Morgan fingerprint density at radius 2 is 1.71 bits per heavy atom. The molecule has 0 aliphatic carbocycles. The fraction of sp³-hybridized carbons (Fsp3) is 0.500. The van der Waals surface area contributed by atoms with Crippen molar-refractivity contribution < 1.29 is 13.2 Å². The zero-order chi connectivity index (χ0) is 17.9. The zero-order valence-corrected chi connectivity index (χ0v) is 15.6. The van der Waals surface area contributed by atoms with Gasteiger partial charge in [-0.3, -0.25) is 4.79 Å². The summed E-state index contributed by atoms with van der Waals surface area (Å²) >= 11 is 0. The van der Waals surface area contributed by atoms with Gasteiger partial charge in [0.2, 0.25) is 15.9 Å². The van der Waals surface area contributed by atoms with Gasteiger partial charge in [0, 0.05) is 25.2 Å². The second kappa shape index (κ2) is 7.49. The van der Waals surface area contributed by atoms with Crippen LogP contribution in [0, 0.1) is 20.8 Å². The molecule has 1 N–H and O–H groups in total. The van der Waals surface area contributed by atoms with Crippen LogP contribution in [0.4, 0.5) is 0 Å². The molecule has 1 fully saturated rings. The van der Waals surface area contributed by atoms with E-state index in [1.54, 1.807) is 6.08 Å². The van der Waals surface area contributed by atoms with Crippen LogP contribution < -0.4 is 5.32 Å². The summed E-state index contributed by atoms with van der Waals surface area (Å²) in [6, 6.07) is 4.23. The molecule has 1 aliphatic heterocycles. The molecule has 0 spiro atoms. The molecule has 0 radical (unpaired) electrons. The molecule has 1 heterocycles. The number of piperidine rings is 1. The van der Waals surface area contributed by atoms with Crippen molar-refractivity contribution in [2.24, 2.45) is 0 Å². The predicted molar refractivity (Wildman–Crippen MR) is 97.3 cm³/mol. The number of hydrogen-bond donors (Lipinski definition) is 1. The maximum absolute atomic E-state index is 12.1. The van der Waals surface area contributed by atoms with E-state index in [0.717, 1.165) is 11.1 Å². The molecule has 6 heteroatoms. The van der Waals surface area contributed by atoms with E-state index in [4.69, 9.17) is 0 Å². The third-order valence-electron chi connectivity index (χ3n) is 4.57. The van der Waals surface area contributed by atoms with Crippen LogP contribution >= 0.6 is 0 Å². The number of aryl methyl sites for hydroxylation is 3. The summed E-state index contributed by atoms with van der Waals surface area (Å²) in [5.74, 6) is -0.134. The molecular weight excluding hydrogens is 324 g/mol. The summed E-state index contributed by atoms with van der Waals surface area (Å²) in [4.78, 5) is 12.1. The van der Waals surface area contributed by atoms with Crippen molar-refractivity contribution in [3.63, 3.8) is 0 Å². The fourth-order valence-electron chi connectivity index (χ4n) is 2.91. The number of rotatable bonds is 4. The van der Waals surface area contributed by atoms with Crippen molar-refractivity contribution in [2.45, 2.75) is 39.7 Å². The second-order valence-corrected chi connectivity index (χ2v) is 8.55. The standard InChI is InChI=1S/C18H26N2O3S/c1-13-11-15(3)16(12-14(13)2)5-6-18(21)19-17-7-9-20(10-8-17)24(4,22)23/h5-6,11-12,17H,7-10H2,1-4H3,(H,19,21). The molecule has 5 nitrogen and oxygen atoms in total. The number of benzene rings is 1. The molecule has 1 aromatic rings. The maximum Gasteiger partial charge on any atom is 0.244 e. The van der Waals surface area contributed by atoms with Crippen molar-refractivity contribution in [3.8, 4) is 0 Å². The maximum atomic E-state index is 12.1. The number of sulfonamides is 1. The van der Waals surface area contributed by atoms with Crippen molar-refractivity contribution in [1.29, 1.82) is 0 Å². The third-order valence-corrected chi connectivity index (χ3v) is 5.87. The van der Waals surface area contributed by atoms with Crippen molar-refractivity contribution >= 4 is 22.0 Å². The summed E-state index contributed by atoms with van der Waals surface area (Å²) in [7, 11) is -3.13. The summed E-state index contributed by atoms with van der Waals surface area (Å²) in [5, 5.41) is 2.96. The van der Waals surface area contributed by atoms with Crippen LogP contribution in [0.15, 0.2) is 18.2 Å². The van der Waals surface area contributed by atoms with Crippen LogP contribution in [0.2, 0.25) is 0 Å². The van der Waals surface area contributed by atoms with E-state index in [2.05, 4.69) is 31.3 Å². The molecule has 0 bridgehead atoms. The Bertz CT molecular complexity index is 746. The van der Waals surface area contributed by atoms with E-state index in [-0.39, 0.29) is 11.9 Å². The summed E-state index contributed by atoms with van der Waals surface area (Å²) in [6.45, 7) is 7.09. The first-order valence-corrected chi connectivity index (χ1v) is 10.0. The number of hydrogen-bond acceptors (Lipinski definition) is 3. The average Bonchev–Trinajstić information content (AvgIpc) is 2.49. The minimum atomic E-state index is -3.13. The first-order valence-electron chi connectivity index (χ1n) is 8.18. The normalized spacial score (nSPS) is 17.3. The highest BCUT2D eigenvalue weighted by Gasteiger charge is 2.25. The summed E-state index contributed by atoms with van der Waals surface area (Å²) in [6.07, 6.45) is 5.91. The van der Waals surface area contributed by atoms with Crippen LogP contribution in [0.1, 0.15) is 35.1 Å². The number of nitrogens with one attached hydrogen (secondary N) is 1. The number of carbonyl (C=O) groups excluding carboxylic acids is 1. The van der Waals surface area contributed by atoms with Gasteiger partial charge in [-0.1, -0.05) is 12.1 Å². The molecule has 1 aromatic carbocycles. The van der Waals surface area contributed by atoms with Crippen LogP contribution in [0.25, 0.3) is 6.08 Å². The minimum Gasteiger partial charge on any atom is -0.350 e. The van der Waals surface area contributed by atoms with Gasteiger partial charge in [0.05, 0.1) is 6.26 Å². The molecule has 1 amide bonds. The molecule has 132 valence electrons. The van der Waals surface area contributed by atoms with Gasteiger partial charge >= 0.3 is 0 Å². The lowest BCUT2D eigenvalue weighted by Crippen LogP contribution is -2.45. The first kappa shape index (κ1) is 18.7. The van der Waals surface area contributed by atoms with Crippen LogP contribution in [0.5, 0.6) is 0 Å². The van der Waals surface area contributed by atoms with Gasteiger partial charge in [0.25, 0.3) is 0 Å². The van der Waals surface area contributed by atoms with Crippen LogP contribution in [-0.2, 0) is 14.8 Å². The number of carbonyl (C=O) groups is 1. The molecule has 1 saturated heterocycles. The molecule has 0 unspecified atom stereocenters. The molecule has 1 aliphatic rings. The summed E-state index contributed by atoms with van der Waals surface area (Å²) in [5.41, 5.74) is 4.63. The van der Waals surface area contributed by atoms with E-state index in [0.29, 0.717) is 25.9 Å². The SMILES string of the molecule is Cc1cc(C)c(C=CC(=O)NC2CCN(S(C)(=O)=O)CC2)cc1C. The first-order chi connectivity index (χ1) is 11.2. The Morgan fingerprint density at radius 3 is 2.29 bits per heavy atom. The van der Waals surface area contributed by atoms with Gasteiger partial charge < -0.3 is 5.32 Å². The monoisotopic (exact) mass is 350 g/mol. The highest BCUT2D eigenvalue weighted by Crippen LogP contribution is 2.17. The third kappa shape index (κ3) is 4.92. The Kier molecular flexibility index (Phi) is 5.83. The second-order valence-electron chi connectivity index (χ2n) is 6.57. The Balaban J connectivity index is 1.91. The minimum absolute atomic E-state index is 0.0287. The quantitative estimate of drug-likeness (QED) is 0.846. The van der Waals surface area contributed by atoms with Crippen molar-refractivity contribution in [2.75, 3.05) is 19.3 Å². The van der Waals surface area contributed by atoms with E-state index in [1.807, 2.05) is 13.0 Å². The van der Waals surface area contributed by atoms with Gasteiger partial charge in [-0.15, -0.1) is 0 Å². The summed E-state index contributed by atoms with van der Waals surface area (Å²) < 4.78 is 24.4. The molecule has 0 atom stereocenters. The molecule has 24 heavy (non-hydrogen) atoms. The Hall–Kier alpha value is -1.66. The van der Waals surface area contributed by atoms with Crippen molar-refractivity contribution in [3.05, 3.63) is 40.5 Å². The molecule has 0 aromatic heterocycles. The van der Waals surface area contributed by atoms with Gasteiger partial charge in [-0.05, 0) is 61.9 Å². The fourth-order valence-corrected chi connectivity index (χ4v) is 3.78. The van der Waals surface area contributed by atoms with Crippen LogP contribution in [0.3, 0.4) is 0 Å². The van der Waals surface area contributed by atoms with Gasteiger partial charge in [0.15, 0.2) is 0 Å². The lowest BCUT2D eigenvalue weighted by molar-refractivity contribution is -0.117. The van der Waals surface area contributed by atoms with E-state index in [1.165, 1.54) is 21.7 Å². The van der Waals surface area contributed by atoms with E-state index in [9.17, 15) is 13.2 Å². The van der Waals surface area contributed by atoms with E-state index < -0.39 is 10.0 Å². The highest BCUT2D eigenvalue weighted by molar-refractivity contribution is 7.88. The largest absolute Gasteiger partial charge is 0.350 e. The zero-order valence-electron chi connectivity index (χ0n) is 14.8. The van der Waals surface area contributed by atoms with Gasteiger partial charge in [-0.25, -0.2) is 12.7 Å². The number of amides is 1. The smallest absolute Gasteiger partial charge is 0.244 e. The average molecular weight is 350 g/mol. The van der Waals surface area contributed by atoms with Gasteiger partial charge in [0.1, 0.15) is 0 Å². The Labute approximate surface area is 144 Å². The lowest BCUT2D eigenvalue weighted by Gasteiger charge is -2.30. The van der Waals surface area contributed by atoms with Crippen molar-refractivity contribution in [1.82, 2.24) is 9.62 Å². The Morgan fingerprint density at radius 1 is 1.12 bits per heavy atom. The number of nitrogens with zero attached hydrogens (tertiary/aromatic N) is 1. The molecule has 2 rings (SSSR count). The van der Waals surface area contributed by atoms with Crippen LogP contribution in [-0.4, -0.2) is 44.0 Å². The van der Waals surface area contributed by atoms with Gasteiger partial charge in [-0.2, -0.15) is 0 Å². The lowest BCUT2D eigenvalue weighted by atomic mass is 10.0. The highest BCUT2D eigenvalue weighted by atomic mass is 32.2. The predicted octanol–water partition coefficient (Wildman–Crippen LogP) is 2.17. The topological polar surface area (TPSA) is 66.5 Å². The molecular formula is C18H26N2O3S. The molecule has 0 saturated carbocycles.